The van der Waals surface area contributed by atoms with Crippen LogP contribution in [0.3, 0.4) is 0 Å². The molecule has 0 aromatic rings. The summed E-state index contributed by atoms with van der Waals surface area (Å²) < 4.78 is 0. The van der Waals surface area contributed by atoms with Crippen LogP contribution in [0.2, 0.25) is 0 Å². The Labute approximate surface area is 91.7 Å². The van der Waals surface area contributed by atoms with Crippen LogP contribution in [0.15, 0.2) is 0 Å². The minimum Gasteiger partial charge on any atom is -0.285 e. The van der Waals surface area contributed by atoms with Crippen molar-refractivity contribution in [2.24, 2.45) is 16.7 Å². The molecule has 0 saturated heterocycles. The van der Waals surface area contributed by atoms with E-state index in [4.69, 9.17) is 5.26 Å². The van der Waals surface area contributed by atoms with Gasteiger partial charge in [0.15, 0.2) is 0 Å². The lowest BCUT2D eigenvalue weighted by Gasteiger charge is -2.48. The number of Topliss-reactive ketones (excluding diaryl/α,β-unsaturated/α-hetero) is 1. The molecule has 0 aromatic carbocycles. The van der Waals surface area contributed by atoms with Gasteiger partial charge in [-0.25, -0.2) is 0 Å². The summed E-state index contributed by atoms with van der Waals surface area (Å²) in [6.45, 7) is 7.57. The quantitative estimate of drug-likeness (QED) is 0.485. The minimum absolute atomic E-state index is 0.0385. The van der Waals surface area contributed by atoms with E-state index in [9.17, 15) is 4.79 Å². The fourth-order valence-corrected chi connectivity index (χ4v) is 1.60. The lowest BCUT2D eigenvalue weighted by molar-refractivity contribution is -0.116. The molecule has 0 aliphatic heterocycles. The molecule has 2 heteroatoms. The van der Waals surface area contributed by atoms with E-state index in [1.165, 1.54) is 0 Å². The molecule has 1 aliphatic rings. The topological polar surface area (TPSA) is 40.9 Å². The third kappa shape index (κ3) is 1.90. The molecule has 1 fully saturated rings. The smallest absolute Gasteiger partial charge is 0.207 e. The Morgan fingerprint density at radius 1 is 1.27 bits per heavy atom. The van der Waals surface area contributed by atoms with Gasteiger partial charge in [-0.3, -0.25) is 4.79 Å². The number of hydrogen-bond donors (Lipinski definition) is 0. The highest BCUT2D eigenvalue weighted by molar-refractivity contribution is 5.96. The molecule has 1 aliphatic carbocycles. The largest absolute Gasteiger partial charge is 0.285 e. The molecule has 0 N–H and O–H groups in total. The second kappa shape index (κ2) is 3.70. The van der Waals surface area contributed by atoms with Gasteiger partial charge in [0.05, 0.1) is 11.5 Å². The Hall–Kier alpha value is -1.28. The summed E-state index contributed by atoms with van der Waals surface area (Å²) in [5.41, 5.74) is -0.677. The molecule has 0 unspecified atom stereocenters. The number of rotatable bonds is 1. The molecular weight excluding hydrogens is 186 g/mol. The maximum atomic E-state index is 11.4. The molecule has 0 bridgehead atoms. The van der Waals surface area contributed by atoms with E-state index in [1.807, 2.05) is 27.7 Å². The van der Waals surface area contributed by atoms with Gasteiger partial charge < -0.3 is 0 Å². The third-order valence-electron chi connectivity index (χ3n) is 3.58. The fraction of sp³-hybridized carbons (Fsp3) is 0.692. The predicted octanol–water partition coefficient (Wildman–Crippen LogP) is 2.54. The lowest BCUT2D eigenvalue weighted by Crippen LogP contribution is -2.45. The molecule has 0 amide bonds. The number of ketones is 1. The third-order valence-corrected chi connectivity index (χ3v) is 3.58. The zero-order valence-electron chi connectivity index (χ0n) is 9.85. The van der Waals surface area contributed by atoms with E-state index in [2.05, 4.69) is 17.9 Å². The zero-order valence-corrected chi connectivity index (χ0v) is 9.85. The first-order valence-corrected chi connectivity index (χ1v) is 5.33. The van der Waals surface area contributed by atoms with Crippen LogP contribution in [0.5, 0.6) is 0 Å². The summed E-state index contributed by atoms with van der Waals surface area (Å²) >= 11 is 0. The first kappa shape index (κ1) is 11.8. The van der Waals surface area contributed by atoms with E-state index in [0.29, 0.717) is 0 Å². The summed E-state index contributed by atoms with van der Waals surface area (Å²) in [4.78, 5) is 11.4. The van der Waals surface area contributed by atoms with Crippen molar-refractivity contribution < 1.29 is 4.79 Å². The Morgan fingerprint density at radius 3 is 2.13 bits per heavy atom. The van der Waals surface area contributed by atoms with Crippen molar-refractivity contribution >= 4 is 5.78 Å². The molecule has 0 spiro atoms. The van der Waals surface area contributed by atoms with E-state index in [-0.39, 0.29) is 22.5 Å². The van der Waals surface area contributed by atoms with Crippen LogP contribution in [0.1, 0.15) is 40.5 Å². The standard InChI is InChI=1S/C13H17NO/c1-10(2)11(15)5-6-12(3)7-8-13(12,4)9-14/h10H,7-8H2,1-4H3/t12-,13+/m1/s1. The first-order valence-electron chi connectivity index (χ1n) is 5.33. The Bertz CT molecular complexity index is 380. The summed E-state index contributed by atoms with van der Waals surface area (Å²) in [6.07, 6.45) is 1.79. The molecule has 1 saturated carbocycles. The summed E-state index contributed by atoms with van der Waals surface area (Å²) in [5.74, 6) is 5.58. The van der Waals surface area contributed by atoms with Crippen LogP contribution >= 0.6 is 0 Å². The summed E-state index contributed by atoms with van der Waals surface area (Å²) in [7, 11) is 0. The Morgan fingerprint density at radius 2 is 1.80 bits per heavy atom. The Kier molecular flexibility index (Phi) is 2.91. The summed E-state index contributed by atoms with van der Waals surface area (Å²) in [5, 5.41) is 9.05. The van der Waals surface area contributed by atoms with Crippen molar-refractivity contribution in [1.29, 1.82) is 5.26 Å². The van der Waals surface area contributed by atoms with Crippen LogP contribution in [0.25, 0.3) is 0 Å². The lowest BCUT2D eigenvalue weighted by atomic mass is 9.52. The normalized spacial score (nSPS) is 33.6. The second-order valence-corrected chi connectivity index (χ2v) is 5.04. The van der Waals surface area contributed by atoms with Gasteiger partial charge in [0.25, 0.3) is 0 Å². The average molecular weight is 203 g/mol. The van der Waals surface area contributed by atoms with E-state index < -0.39 is 0 Å². The maximum Gasteiger partial charge on any atom is 0.207 e. The van der Waals surface area contributed by atoms with Crippen molar-refractivity contribution in [2.45, 2.75) is 40.5 Å². The highest BCUT2D eigenvalue weighted by atomic mass is 16.1. The van der Waals surface area contributed by atoms with Crippen LogP contribution in [-0.4, -0.2) is 5.78 Å². The predicted molar refractivity (Wildman–Crippen MR) is 58.7 cm³/mol. The number of carbonyl (C=O) groups is 1. The zero-order chi connectivity index (χ0) is 11.7. The van der Waals surface area contributed by atoms with E-state index >= 15 is 0 Å². The molecule has 80 valence electrons. The van der Waals surface area contributed by atoms with E-state index in [0.717, 1.165) is 12.8 Å². The first-order chi connectivity index (χ1) is 6.84. The summed E-state index contributed by atoms with van der Waals surface area (Å²) in [6, 6.07) is 2.31. The van der Waals surface area contributed by atoms with Crippen molar-refractivity contribution in [3.05, 3.63) is 0 Å². The Balaban J connectivity index is 2.84. The molecule has 0 aromatic heterocycles. The highest BCUT2D eigenvalue weighted by Gasteiger charge is 2.52. The van der Waals surface area contributed by atoms with Crippen molar-refractivity contribution in [3.63, 3.8) is 0 Å². The van der Waals surface area contributed by atoms with Crippen LogP contribution in [-0.2, 0) is 4.79 Å². The molecule has 2 nitrogen and oxygen atoms in total. The van der Waals surface area contributed by atoms with Gasteiger partial charge in [0.2, 0.25) is 5.78 Å². The number of nitrogens with zero attached hydrogens (tertiary/aromatic N) is 1. The van der Waals surface area contributed by atoms with Gasteiger partial charge in [0.1, 0.15) is 0 Å². The van der Waals surface area contributed by atoms with E-state index in [1.54, 1.807) is 0 Å². The van der Waals surface area contributed by atoms with Crippen LogP contribution in [0, 0.1) is 39.9 Å². The number of nitriles is 1. The van der Waals surface area contributed by atoms with Crippen LogP contribution in [0.4, 0.5) is 0 Å². The van der Waals surface area contributed by atoms with Gasteiger partial charge in [-0.1, -0.05) is 19.8 Å². The minimum atomic E-state index is -0.378. The average Bonchev–Trinajstić information content (AvgIpc) is 2.22. The number of carbonyl (C=O) groups excluding carboxylic acids is 1. The molecule has 2 atom stereocenters. The molecule has 0 heterocycles. The van der Waals surface area contributed by atoms with Gasteiger partial charge in [-0.2, -0.15) is 5.26 Å². The van der Waals surface area contributed by atoms with Crippen LogP contribution < -0.4 is 0 Å². The SMILES string of the molecule is CC(C)C(=O)C#C[C@]1(C)CC[C@@]1(C)C#N. The van der Waals surface area contributed by atoms with Gasteiger partial charge in [-0.05, 0) is 32.6 Å². The molecular formula is C13H17NO. The van der Waals surface area contributed by atoms with Gasteiger partial charge in [-0.15, -0.1) is 0 Å². The second-order valence-electron chi connectivity index (χ2n) is 5.04. The highest BCUT2D eigenvalue weighted by Crippen LogP contribution is 2.55. The van der Waals surface area contributed by atoms with Gasteiger partial charge >= 0.3 is 0 Å². The van der Waals surface area contributed by atoms with Crippen molar-refractivity contribution in [3.8, 4) is 17.9 Å². The maximum absolute atomic E-state index is 11.4. The monoisotopic (exact) mass is 203 g/mol. The van der Waals surface area contributed by atoms with Crippen molar-refractivity contribution in [2.75, 3.05) is 0 Å². The molecule has 1 rings (SSSR count). The van der Waals surface area contributed by atoms with Crippen molar-refractivity contribution in [1.82, 2.24) is 0 Å². The molecule has 0 radical (unpaired) electrons. The van der Waals surface area contributed by atoms with Gasteiger partial charge in [0, 0.05) is 11.3 Å². The number of hydrogen-bond acceptors (Lipinski definition) is 2. The fourth-order valence-electron chi connectivity index (χ4n) is 1.60. The molecule has 15 heavy (non-hydrogen) atoms.